The van der Waals surface area contributed by atoms with Gasteiger partial charge in [-0.1, -0.05) is 0 Å². The molecular formula is C8H12NO2+. The molecule has 1 fully saturated rings. The van der Waals surface area contributed by atoms with Crippen molar-refractivity contribution in [2.45, 2.75) is 6.42 Å². The largest absolute Gasteiger partial charge is 0.477 e. The van der Waals surface area contributed by atoms with E-state index in [4.69, 9.17) is 11.5 Å². The molecule has 0 bridgehead atoms. The Kier molecular flexibility index (Phi) is 2.16. The number of quaternary nitrogens is 1. The van der Waals surface area contributed by atoms with E-state index in [1.54, 1.807) is 0 Å². The van der Waals surface area contributed by atoms with Crippen LogP contribution in [0.5, 0.6) is 0 Å². The van der Waals surface area contributed by atoms with Gasteiger partial charge in [-0.2, -0.15) is 0 Å². The number of aliphatic carboxylic acids is 1. The highest BCUT2D eigenvalue weighted by atomic mass is 16.4. The summed E-state index contributed by atoms with van der Waals surface area (Å²) < 4.78 is 0.589. The topological polar surface area (TPSA) is 37.3 Å². The molecule has 0 aromatic rings. The second-order valence-corrected chi connectivity index (χ2v) is 3.06. The molecular weight excluding hydrogens is 142 g/mol. The molecule has 1 rings (SSSR count). The van der Waals surface area contributed by atoms with Crippen LogP contribution < -0.4 is 0 Å². The molecule has 0 saturated carbocycles. The molecule has 1 saturated heterocycles. The Bertz CT molecular complexity index is 201. The van der Waals surface area contributed by atoms with Crippen molar-refractivity contribution in [3.63, 3.8) is 0 Å². The zero-order valence-corrected chi connectivity index (χ0v) is 6.42. The molecule has 3 nitrogen and oxygen atoms in total. The fraction of sp³-hybridized carbons (Fsp3) is 0.625. The molecule has 0 spiro atoms. The van der Waals surface area contributed by atoms with Crippen LogP contribution in [0.3, 0.4) is 0 Å². The molecule has 1 heterocycles. The number of carbonyl (C=O) groups is 1. The average Bonchev–Trinajstić information content (AvgIpc) is 1.82. The van der Waals surface area contributed by atoms with Crippen molar-refractivity contribution in [3.8, 4) is 12.3 Å². The van der Waals surface area contributed by atoms with E-state index in [1.807, 2.05) is 0 Å². The van der Waals surface area contributed by atoms with E-state index in [9.17, 15) is 4.79 Å². The van der Waals surface area contributed by atoms with Gasteiger partial charge in [0.05, 0.1) is 13.1 Å². The van der Waals surface area contributed by atoms with Crippen molar-refractivity contribution >= 4 is 5.97 Å². The first-order valence-corrected chi connectivity index (χ1v) is 3.69. The second-order valence-electron chi connectivity index (χ2n) is 3.06. The summed E-state index contributed by atoms with van der Waals surface area (Å²) in [5.74, 6) is 1.77. The lowest BCUT2D eigenvalue weighted by atomic mass is 10.1. The van der Waals surface area contributed by atoms with Gasteiger partial charge in [-0.3, -0.25) is 0 Å². The van der Waals surface area contributed by atoms with Gasteiger partial charge < -0.3 is 9.59 Å². The lowest BCUT2D eigenvalue weighted by molar-refractivity contribution is -0.950. The number of nitrogens with zero attached hydrogens (tertiary/aromatic N) is 1. The second kappa shape index (κ2) is 2.93. The van der Waals surface area contributed by atoms with Crippen LogP contribution in [-0.2, 0) is 4.79 Å². The fourth-order valence-corrected chi connectivity index (χ4v) is 1.46. The standard InChI is InChI=1S/C8H11NO2/c1-2-4-9(5-3-6-9)7-8(10)11/h1H,3-7H2/p+1. The first-order chi connectivity index (χ1) is 5.18. The number of carboxylic acid groups (broad SMARTS) is 1. The van der Waals surface area contributed by atoms with Crippen LogP contribution in [-0.4, -0.2) is 41.7 Å². The van der Waals surface area contributed by atoms with Gasteiger partial charge in [0.2, 0.25) is 0 Å². The Morgan fingerprint density at radius 1 is 1.64 bits per heavy atom. The van der Waals surface area contributed by atoms with Gasteiger partial charge in [0.15, 0.2) is 6.54 Å². The molecule has 0 amide bonds. The van der Waals surface area contributed by atoms with Crippen molar-refractivity contribution in [2.24, 2.45) is 0 Å². The third kappa shape index (κ3) is 1.72. The van der Waals surface area contributed by atoms with Crippen LogP contribution in [0.4, 0.5) is 0 Å². The van der Waals surface area contributed by atoms with E-state index in [2.05, 4.69) is 5.92 Å². The van der Waals surface area contributed by atoms with Crippen LogP contribution in [0.2, 0.25) is 0 Å². The Labute approximate surface area is 66.2 Å². The number of hydrogen-bond acceptors (Lipinski definition) is 1. The third-order valence-electron chi connectivity index (χ3n) is 2.16. The first-order valence-electron chi connectivity index (χ1n) is 3.69. The van der Waals surface area contributed by atoms with Crippen LogP contribution in [0.25, 0.3) is 0 Å². The van der Waals surface area contributed by atoms with E-state index in [1.165, 1.54) is 0 Å². The van der Waals surface area contributed by atoms with Crippen molar-refractivity contribution in [1.82, 2.24) is 0 Å². The molecule has 1 aliphatic rings. The van der Waals surface area contributed by atoms with Crippen LogP contribution >= 0.6 is 0 Å². The highest BCUT2D eigenvalue weighted by molar-refractivity contribution is 5.68. The third-order valence-corrected chi connectivity index (χ3v) is 2.16. The van der Waals surface area contributed by atoms with Gasteiger partial charge >= 0.3 is 5.97 Å². The summed E-state index contributed by atoms with van der Waals surface area (Å²) in [4.78, 5) is 10.4. The Hall–Kier alpha value is -1.01. The number of carboxylic acids is 1. The minimum atomic E-state index is -0.750. The van der Waals surface area contributed by atoms with Gasteiger partial charge in [0.1, 0.15) is 6.54 Å². The Morgan fingerprint density at radius 3 is 2.55 bits per heavy atom. The predicted octanol–water partition coefficient (Wildman–Crippen LogP) is -0.0753. The van der Waals surface area contributed by atoms with Gasteiger partial charge in [-0.15, -0.1) is 6.42 Å². The summed E-state index contributed by atoms with van der Waals surface area (Å²) in [6.07, 6.45) is 6.25. The van der Waals surface area contributed by atoms with Gasteiger partial charge in [-0.25, -0.2) is 4.79 Å². The Morgan fingerprint density at radius 2 is 2.27 bits per heavy atom. The zero-order valence-electron chi connectivity index (χ0n) is 6.42. The van der Waals surface area contributed by atoms with E-state index >= 15 is 0 Å². The molecule has 11 heavy (non-hydrogen) atoms. The minimum Gasteiger partial charge on any atom is -0.477 e. The summed E-state index contributed by atoms with van der Waals surface area (Å²) in [6.45, 7) is 2.60. The highest BCUT2D eigenvalue weighted by Crippen LogP contribution is 2.18. The van der Waals surface area contributed by atoms with Crippen molar-refractivity contribution < 1.29 is 14.4 Å². The van der Waals surface area contributed by atoms with Crippen molar-refractivity contribution in [3.05, 3.63) is 0 Å². The van der Waals surface area contributed by atoms with E-state index in [-0.39, 0.29) is 6.54 Å². The number of rotatable bonds is 3. The van der Waals surface area contributed by atoms with Gasteiger partial charge in [0, 0.05) is 6.42 Å². The molecule has 0 aromatic heterocycles. The molecule has 1 N–H and O–H groups in total. The van der Waals surface area contributed by atoms with Crippen LogP contribution in [0.15, 0.2) is 0 Å². The summed E-state index contributed by atoms with van der Waals surface area (Å²) in [5, 5.41) is 8.56. The molecule has 1 aliphatic heterocycles. The number of hydrogen-bond donors (Lipinski definition) is 1. The lowest BCUT2D eigenvalue weighted by Crippen LogP contribution is -2.60. The molecule has 3 heteroatoms. The minimum absolute atomic E-state index is 0.185. The van der Waals surface area contributed by atoms with E-state index in [0.29, 0.717) is 11.0 Å². The summed E-state index contributed by atoms with van der Waals surface area (Å²) in [5.41, 5.74) is 0. The molecule has 0 unspecified atom stereocenters. The molecule has 0 radical (unpaired) electrons. The average molecular weight is 154 g/mol. The van der Waals surface area contributed by atoms with E-state index < -0.39 is 5.97 Å². The maximum atomic E-state index is 10.4. The fourth-order valence-electron chi connectivity index (χ4n) is 1.46. The number of likely N-dealkylation sites (tertiary alicyclic amines) is 1. The summed E-state index contributed by atoms with van der Waals surface area (Å²) >= 11 is 0. The molecule has 0 atom stereocenters. The highest BCUT2D eigenvalue weighted by Gasteiger charge is 2.36. The quantitative estimate of drug-likeness (QED) is 0.456. The van der Waals surface area contributed by atoms with Crippen molar-refractivity contribution in [2.75, 3.05) is 26.2 Å². The normalized spacial score (nSPS) is 19.9. The maximum Gasteiger partial charge on any atom is 0.359 e. The van der Waals surface area contributed by atoms with Gasteiger partial charge in [0.25, 0.3) is 0 Å². The maximum absolute atomic E-state index is 10.4. The summed E-state index contributed by atoms with van der Waals surface area (Å²) in [6, 6.07) is 0. The van der Waals surface area contributed by atoms with Gasteiger partial charge in [-0.05, 0) is 5.92 Å². The van der Waals surface area contributed by atoms with Crippen LogP contribution in [0.1, 0.15) is 6.42 Å². The smallest absolute Gasteiger partial charge is 0.359 e. The van der Waals surface area contributed by atoms with E-state index in [0.717, 1.165) is 19.5 Å². The SMILES string of the molecule is C#CC[N+]1(CC(=O)O)CCC1. The monoisotopic (exact) mass is 154 g/mol. The van der Waals surface area contributed by atoms with Crippen LogP contribution in [0, 0.1) is 12.3 Å². The molecule has 60 valence electrons. The number of terminal acetylenes is 1. The zero-order chi connectivity index (χ0) is 8.32. The molecule has 0 aromatic carbocycles. The summed E-state index contributed by atoms with van der Waals surface area (Å²) in [7, 11) is 0. The first kappa shape index (κ1) is 8.09. The Balaban J connectivity index is 2.48. The predicted molar refractivity (Wildman–Crippen MR) is 40.8 cm³/mol. The lowest BCUT2D eigenvalue weighted by Gasteiger charge is -2.42. The van der Waals surface area contributed by atoms with Crippen molar-refractivity contribution in [1.29, 1.82) is 0 Å². The molecule has 0 aliphatic carbocycles.